The van der Waals surface area contributed by atoms with Crippen LogP contribution in [0, 0.1) is 0 Å². The van der Waals surface area contributed by atoms with Gasteiger partial charge in [0, 0.05) is 13.1 Å². The lowest BCUT2D eigenvalue weighted by Gasteiger charge is -2.16. The second-order valence-corrected chi connectivity index (χ2v) is 3.66. The predicted octanol–water partition coefficient (Wildman–Crippen LogP) is -0.857. The van der Waals surface area contributed by atoms with Crippen molar-refractivity contribution in [2.24, 2.45) is 0 Å². The third kappa shape index (κ3) is 4.45. The van der Waals surface area contributed by atoms with E-state index in [-0.39, 0.29) is 6.04 Å². The van der Waals surface area contributed by atoms with Crippen LogP contribution in [-0.2, 0) is 14.4 Å². The molecule has 1 aliphatic rings. The van der Waals surface area contributed by atoms with Gasteiger partial charge in [-0.25, -0.2) is 19.9 Å². The van der Waals surface area contributed by atoms with E-state index >= 15 is 0 Å². The average molecular weight is 261 g/mol. The van der Waals surface area contributed by atoms with E-state index in [4.69, 9.17) is 5.11 Å². The number of alkyl carbamates (subject to hydrolysis) is 1. The number of hydroxylamine groups is 1. The molecular formula is C9H15N3O6. The SMILES string of the molecule is COC(=O)NC1CCN(C(=O)NOCC(=O)O)C1. The summed E-state index contributed by atoms with van der Waals surface area (Å²) in [6.07, 6.45) is 0.0472. The monoisotopic (exact) mass is 261 g/mol. The molecule has 0 aromatic rings. The minimum absolute atomic E-state index is 0.178. The van der Waals surface area contributed by atoms with Gasteiger partial charge in [-0.05, 0) is 6.42 Å². The molecule has 0 aromatic carbocycles. The van der Waals surface area contributed by atoms with E-state index in [9.17, 15) is 14.4 Å². The summed E-state index contributed by atoms with van der Waals surface area (Å²) >= 11 is 0. The lowest BCUT2D eigenvalue weighted by atomic mass is 10.3. The molecule has 1 atom stereocenters. The van der Waals surface area contributed by atoms with Crippen LogP contribution in [0.4, 0.5) is 9.59 Å². The molecule has 0 saturated carbocycles. The van der Waals surface area contributed by atoms with Crippen LogP contribution in [0.1, 0.15) is 6.42 Å². The molecule has 0 aromatic heterocycles. The Balaban J connectivity index is 2.26. The number of hydrogen-bond donors (Lipinski definition) is 3. The number of carboxylic acids is 1. The number of aliphatic carboxylic acids is 1. The van der Waals surface area contributed by atoms with Crippen molar-refractivity contribution < 1.29 is 29.1 Å². The zero-order valence-electron chi connectivity index (χ0n) is 9.84. The Morgan fingerprint density at radius 2 is 2.17 bits per heavy atom. The van der Waals surface area contributed by atoms with E-state index in [0.29, 0.717) is 19.5 Å². The van der Waals surface area contributed by atoms with Crippen molar-refractivity contribution in [3.05, 3.63) is 0 Å². The molecule has 1 heterocycles. The number of carbonyl (C=O) groups is 3. The fourth-order valence-electron chi connectivity index (χ4n) is 1.51. The van der Waals surface area contributed by atoms with Gasteiger partial charge in [-0.3, -0.25) is 4.84 Å². The Labute approximate surface area is 103 Å². The molecule has 3 amide bonds. The number of rotatable bonds is 4. The van der Waals surface area contributed by atoms with Gasteiger partial charge < -0.3 is 20.1 Å². The molecule has 0 radical (unpaired) electrons. The zero-order valence-corrected chi connectivity index (χ0v) is 9.84. The second kappa shape index (κ2) is 6.64. The average Bonchev–Trinajstić information content (AvgIpc) is 2.76. The zero-order chi connectivity index (χ0) is 13.5. The van der Waals surface area contributed by atoms with E-state index in [0.717, 1.165) is 0 Å². The lowest BCUT2D eigenvalue weighted by molar-refractivity contribution is -0.144. The Kier molecular flexibility index (Phi) is 5.18. The van der Waals surface area contributed by atoms with Crippen LogP contribution in [-0.4, -0.2) is 60.9 Å². The van der Waals surface area contributed by atoms with Crippen molar-refractivity contribution in [3.8, 4) is 0 Å². The summed E-state index contributed by atoms with van der Waals surface area (Å²) in [5.74, 6) is -1.18. The Morgan fingerprint density at radius 3 is 2.78 bits per heavy atom. The summed E-state index contributed by atoms with van der Waals surface area (Å²) in [6.45, 7) is 0.151. The minimum Gasteiger partial charge on any atom is -0.479 e. The number of amides is 3. The van der Waals surface area contributed by atoms with E-state index < -0.39 is 24.7 Å². The number of nitrogens with one attached hydrogen (secondary N) is 2. The summed E-state index contributed by atoms with van der Waals surface area (Å²) in [7, 11) is 1.26. The molecule has 1 aliphatic heterocycles. The van der Waals surface area contributed by atoms with Crippen molar-refractivity contribution in [3.63, 3.8) is 0 Å². The Bertz CT molecular complexity index is 334. The van der Waals surface area contributed by atoms with Crippen molar-refractivity contribution >= 4 is 18.1 Å². The van der Waals surface area contributed by atoms with Gasteiger partial charge in [-0.1, -0.05) is 0 Å². The number of likely N-dealkylation sites (tertiary alicyclic amines) is 1. The topological polar surface area (TPSA) is 117 Å². The molecule has 1 rings (SSSR count). The van der Waals surface area contributed by atoms with Gasteiger partial charge in [0.15, 0.2) is 6.61 Å². The third-order valence-electron chi connectivity index (χ3n) is 2.34. The largest absolute Gasteiger partial charge is 0.479 e. The second-order valence-electron chi connectivity index (χ2n) is 3.66. The van der Waals surface area contributed by atoms with E-state index in [1.165, 1.54) is 12.0 Å². The highest BCUT2D eigenvalue weighted by Crippen LogP contribution is 2.09. The van der Waals surface area contributed by atoms with Gasteiger partial charge in [-0.2, -0.15) is 0 Å². The first-order valence-electron chi connectivity index (χ1n) is 5.26. The summed E-state index contributed by atoms with van der Waals surface area (Å²) in [5, 5.41) is 10.9. The highest BCUT2D eigenvalue weighted by Gasteiger charge is 2.27. The van der Waals surface area contributed by atoms with Gasteiger partial charge in [0.2, 0.25) is 0 Å². The summed E-state index contributed by atoms with van der Waals surface area (Å²) in [6, 6.07) is -0.715. The molecule has 18 heavy (non-hydrogen) atoms. The molecule has 3 N–H and O–H groups in total. The number of ether oxygens (including phenoxy) is 1. The van der Waals surface area contributed by atoms with Crippen LogP contribution in [0.2, 0.25) is 0 Å². The number of urea groups is 1. The molecule has 1 saturated heterocycles. The first-order valence-corrected chi connectivity index (χ1v) is 5.26. The molecule has 9 heteroatoms. The number of carboxylic acid groups (broad SMARTS) is 1. The van der Waals surface area contributed by atoms with Crippen LogP contribution in [0.25, 0.3) is 0 Å². The number of methoxy groups -OCH3 is 1. The maximum atomic E-state index is 11.5. The predicted molar refractivity (Wildman–Crippen MR) is 57.6 cm³/mol. The molecule has 0 bridgehead atoms. The van der Waals surface area contributed by atoms with Crippen LogP contribution < -0.4 is 10.8 Å². The quantitative estimate of drug-likeness (QED) is 0.567. The molecule has 0 aliphatic carbocycles. The standard InChI is InChI=1S/C9H15N3O6/c1-17-9(16)10-6-2-3-12(4-6)8(15)11-18-5-7(13)14/h6H,2-5H2,1H3,(H,10,16)(H,11,15)(H,13,14). The number of hydrogen-bond acceptors (Lipinski definition) is 5. The van der Waals surface area contributed by atoms with Crippen LogP contribution in [0.15, 0.2) is 0 Å². The van der Waals surface area contributed by atoms with Gasteiger partial charge in [-0.15, -0.1) is 0 Å². The fourth-order valence-corrected chi connectivity index (χ4v) is 1.51. The van der Waals surface area contributed by atoms with Crippen LogP contribution in [0.3, 0.4) is 0 Å². The fraction of sp³-hybridized carbons (Fsp3) is 0.667. The molecule has 0 spiro atoms. The normalized spacial score (nSPS) is 18.3. The smallest absolute Gasteiger partial charge is 0.407 e. The maximum absolute atomic E-state index is 11.5. The van der Waals surface area contributed by atoms with Crippen molar-refractivity contribution in [1.29, 1.82) is 0 Å². The lowest BCUT2D eigenvalue weighted by Crippen LogP contribution is -2.42. The molecule has 9 nitrogen and oxygen atoms in total. The maximum Gasteiger partial charge on any atom is 0.407 e. The van der Waals surface area contributed by atoms with Gasteiger partial charge in [0.1, 0.15) is 0 Å². The van der Waals surface area contributed by atoms with Crippen LogP contribution >= 0.6 is 0 Å². The van der Waals surface area contributed by atoms with E-state index in [1.54, 1.807) is 0 Å². The van der Waals surface area contributed by atoms with E-state index in [1.807, 2.05) is 5.48 Å². The van der Waals surface area contributed by atoms with Crippen LogP contribution in [0.5, 0.6) is 0 Å². The highest BCUT2D eigenvalue weighted by molar-refractivity contribution is 5.74. The summed E-state index contributed by atoms with van der Waals surface area (Å²) in [4.78, 5) is 38.4. The minimum atomic E-state index is -1.18. The van der Waals surface area contributed by atoms with Gasteiger partial charge in [0.25, 0.3) is 0 Å². The summed E-state index contributed by atoms with van der Waals surface area (Å²) < 4.78 is 4.44. The van der Waals surface area contributed by atoms with Crippen molar-refractivity contribution in [2.75, 3.05) is 26.8 Å². The van der Waals surface area contributed by atoms with Gasteiger partial charge in [0.05, 0.1) is 13.2 Å². The number of nitrogens with zero attached hydrogens (tertiary/aromatic N) is 1. The summed E-state index contributed by atoms with van der Waals surface area (Å²) in [5.41, 5.74) is 2.01. The Hall–Kier alpha value is -2.03. The van der Waals surface area contributed by atoms with Gasteiger partial charge >= 0.3 is 18.1 Å². The highest BCUT2D eigenvalue weighted by atomic mass is 16.7. The molecule has 1 fully saturated rings. The molecule has 102 valence electrons. The first kappa shape index (κ1) is 14.0. The van der Waals surface area contributed by atoms with Crippen molar-refractivity contribution in [1.82, 2.24) is 15.7 Å². The Morgan fingerprint density at radius 1 is 1.44 bits per heavy atom. The molecular weight excluding hydrogens is 246 g/mol. The van der Waals surface area contributed by atoms with Crippen molar-refractivity contribution in [2.45, 2.75) is 12.5 Å². The third-order valence-corrected chi connectivity index (χ3v) is 2.34. The van der Waals surface area contributed by atoms with E-state index in [2.05, 4.69) is 14.9 Å². The number of carbonyl (C=O) groups excluding carboxylic acids is 2. The molecule has 1 unspecified atom stereocenters. The first-order chi connectivity index (χ1) is 8.52.